The molecule has 1 saturated heterocycles. The van der Waals surface area contributed by atoms with Gasteiger partial charge in [0.1, 0.15) is 0 Å². The molecular weight excluding hydrogens is 300 g/mol. The number of methoxy groups -OCH3 is 1. The lowest BCUT2D eigenvalue weighted by Crippen LogP contribution is -2.34. The Morgan fingerprint density at radius 3 is 2.58 bits per heavy atom. The van der Waals surface area contributed by atoms with Gasteiger partial charge in [-0.3, -0.25) is 4.57 Å². The molecule has 128 valence electrons. The zero-order valence-electron chi connectivity index (χ0n) is 14.6. The van der Waals surface area contributed by atoms with Crippen LogP contribution in [0.1, 0.15) is 32.6 Å². The van der Waals surface area contributed by atoms with Gasteiger partial charge in [-0.1, -0.05) is 36.8 Å². The Kier molecular flexibility index (Phi) is 4.04. The molecular formula is C19H26N4O. The highest BCUT2D eigenvalue weighted by Gasteiger charge is 2.44. The molecule has 0 radical (unpaired) electrons. The fraction of sp³-hybridized carbons (Fsp3) is 0.579. The fourth-order valence-electron chi connectivity index (χ4n) is 4.02. The molecule has 2 aliphatic rings. The molecule has 1 atom stereocenters. The van der Waals surface area contributed by atoms with Gasteiger partial charge in [-0.15, -0.1) is 10.2 Å². The van der Waals surface area contributed by atoms with Crippen LogP contribution in [0.25, 0.3) is 11.4 Å². The molecule has 1 spiro atoms. The van der Waals surface area contributed by atoms with E-state index < -0.39 is 0 Å². The number of aromatic nitrogens is 3. The lowest BCUT2D eigenvalue weighted by molar-refractivity contribution is 0.104. The van der Waals surface area contributed by atoms with E-state index >= 15 is 0 Å². The van der Waals surface area contributed by atoms with Crippen molar-refractivity contribution < 1.29 is 4.74 Å². The van der Waals surface area contributed by atoms with E-state index in [0.29, 0.717) is 5.41 Å². The third-order valence-electron chi connectivity index (χ3n) is 5.74. The molecule has 0 bridgehead atoms. The van der Waals surface area contributed by atoms with E-state index in [-0.39, 0.29) is 6.10 Å². The Bertz CT molecular complexity index is 693. The van der Waals surface area contributed by atoms with Gasteiger partial charge in [0.2, 0.25) is 5.95 Å². The third-order valence-corrected chi connectivity index (χ3v) is 5.74. The summed E-state index contributed by atoms with van der Waals surface area (Å²) in [6.07, 6.45) is 5.55. The van der Waals surface area contributed by atoms with Crippen LogP contribution < -0.4 is 4.90 Å². The van der Waals surface area contributed by atoms with Crippen LogP contribution in [0.15, 0.2) is 30.3 Å². The predicted octanol–water partition coefficient (Wildman–Crippen LogP) is 3.36. The third kappa shape index (κ3) is 2.71. The normalized spacial score (nSPS) is 20.3. The van der Waals surface area contributed by atoms with Crippen LogP contribution in [-0.4, -0.2) is 41.1 Å². The lowest BCUT2D eigenvalue weighted by Gasteiger charge is -2.38. The van der Waals surface area contributed by atoms with E-state index in [1.807, 2.05) is 18.2 Å². The highest BCUT2D eigenvalue weighted by molar-refractivity contribution is 5.57. The molecule has 5 nitrogen and oxygen atoms in total. The Labute approximate surface area is 143 Å². The summed E-state index contributed by atoms with van der Waals surface area (Å²) in [5.41, 5.74) is 1.66. The Hall–Kier alpha value is -1.88. The van der Waals surface area contributed by atoms with Crippen molar-refractivity contribution in [3.05, 3.63) is 30.3 Å². The van der Waals surface area contributed by atoms with E-state index in [4.69, 9.17) is 4.74 Å². The number of hydrogen-bond acceptors (Lipinski definition) is 4. The molecule has 5 heteroatoms. The first kappa shape index (κ1) is 15.6. The van der Waals surface area contributed by atoms with Crippen molar-refractivity contribution >= 4 is 5.95 Å². The van der Waals surface area contributed by atoms with Gasteiger partial charge in [-0.05, 0) is 31.6 Å². The number of benzene rings is 1. The SMILES string of the molecule is COC(C)Cn1c(-c2ccccc2)nnc1N1CCC2(CCC2)C1. The molecule has 1 aromatic carbocycles. The van der Waals surface area contributed by atoms with Gasteiger partial charge in [0.05, 0.1) is 12.6 Å². The fourth-order valence-corrected chi connectivity index (χ4v) is 4.02. The summed E-state index contributed by atoms with van der Waals surface area (Å²) in [4.78, 5) is 2.43. The van der Waals surface area contributed by atoms with Gasteiger partial charge < -0.3 is 9.64 Å². The molecule has 0 amide bonds. The van der Waals surface area contributed by atoms with Crippen LogP contribution in [-0.2, 0) is 11.3 Å². The summed E-state index contributed by atoms with van der Waals surface area (Å²) in [7, 11) is 1.76. The molecule has 24 heavy (non-hydrogen) atoms. The van der Waals surface area contributed by atoms with Crippen molar-refractivity contribution in [2.24, 2.45) is 5.41 Å². The molecule has 4 rings (SSSR count). The number of hydrogen-bond donors (Lipinski definition) is 0. The quantitative estimate of drug-likeness (QED) is 0.845. The molecule has 1 unspecified atom stereocenters. The van der Waals surface area contributed by atoms with Crippen molar-refractivity contribution in [3.8, 4) is 11.4 Å². The summed E-state index contributed by atoms with van der Waals surface area (Å²) in [6, 6.07) is 10.3. The van der Waals surface area contributed by atoms with Gasteiger partial charge in [0.15, 0.2) is 5.82 Å². The first-order valence-electron chi connectivity index (χ1n) is 8.97. The second-order valence-corrected chi connectivity index (χ2v) is 7.37. The summed E-state index contributed by atoms with van der Waals surface area (Å²) >= 11 is 0. The Balaban J connectivity index is 1.67. The second-order valence-electron chi connectivity index (χ2n) is 7.37. The van der Waals surface area contributed by atoms with Crippen LogP contribution in [0.4, 0.5) is 5.95 Å². The van der Waals surface area contributed by atoms with Gasteiger partial charge in [0.25, 0.3) is 0 Å². The van der Waals surface area contributed by atoms with E-state index in [1.165, 1.54) is 25.7 Å². The van der Waals surface area contributed by atoms with Crippen molar-refractivity contribution in [3.63, 3.8) is 0 Å². The summed E-state index contributed by atoms with van der Waals surface area (Å²) in [6.45, 7) is 5.08. The van der Waals surface area contributed by atoms with E-state index in [9.17, 15) is 0 Å². The first-order chi connectivity index (χ1) is 11.7. The van der Waals surface area contributed by atoms with Crippen molar-refractivity contribution in [2.45, 2.75) is 45.3 Å². The van der Waals surface area contributed by atoms with E-state index in [1.54, 1.807) is 7.11 Å². The summed E-state index contributed by atoms with van der Waals surface area (Å²) < 4.78 is 7.75. The standard InChI is InChI=1S/C19H26N4O/c1-15(24-2)13-23-17(16-7-4-3-5-8-16)20-21-18(23)22-12-11-19(14-22)9-6-10-19/h3-5,7-8,15H,6,9-14H2,1-2H3. The number of rotatable bonds is 5. The molecule has 1 aromatic heterocycles. The highest BCUT2D eigenvalue weighted by atomic mass is 16.5. The highest BCUT2D eigenvalue weighted by Crippen LogP contribution is 2.48. The van der Waals surface area contributed by atoms with Gasteiger partial charge in [0, 0.05) is 25.8 Å². The summed E-state index contributed by atoms with van der Waals surface area (Å²) in [5.74, 6) is 1.94. The van der Waals surface area contributed by atoms with Crippen LogP contribution in [0.3, 0.4) is 0 Å². The molecule has 0 N–H and O–H groups in total. The van der Waals surface area contributed by atoms with Crippen LogP contribution in [0.5, 0.6) is 0 Å². The summed E-state index contributed by atoms with van der Waals surface area (Å²) in [5, 5.41) is 9.09. The molecule has 2 heterocycles. The van der Waals surface area contributed by atoms with E-state index in [0.717, 1.165) is 37.0 Å². The molecule has 1 aliphatic heterocycles. The zero-order valence-corrected chi connectivity index (χ0v) is 14.6. The minimum absolute atomic E-state index is 0.127. The first-order valence-corrected chi connectivity index (χ1v) is 8.97. The van der Waals surface area contributed by atoms with Gasteiger partial charge >= 0.3 is 0 Å². The minimum Gasteiger partial charge on any atom is -0.380 e. The molecule has 1 aliphatic carbocycles. The van der Waals surface area contributed by atoms with Crippen molar-refractivity contribution in [2.75, 3.05) is 25.1 Å². The molecule has 2 fully saturated rings. The average Bonchev–Trinajstić information content (AvgIpc) is 3.19. The number of ether oxygens (including phenoxy) is 1. The smallest absolute Gasteiger partial charge is 0.227 e. The average molecular weight is 326 g/mol. The van der Waals surface area contributed by atoms with Gasteiger partial charge in [-0.25, -0.2) is 0 Å². The Morgan fingerprint density at radius 2 is 1.96 bits per heavy atom. The predicted molar refractivity (Wildman–Crippen MR) is 95.0 cm³/mol. The van der Waals surface area contributed by atoms with Crippen LogP contribution >= 0.6 is 0 Å². The lowest BCUT2D eigenvalue weighted by atomic mass is 9.68. The van der Waals surface area contributed by atoms with Crippen LogP contribution in [0.2, 0.25) is 0 Å². The number of nitrogens with zero attached hydrogens (tertiary/aromatic N) is 4. The molecule has 1 saturated carbocycles. The maximum Gasteiger partial charge on any atom is 0.227 e. The molecule has 2 aromatic rings. The monoisotopic (exact) mass is 326 g/mol. The maximum atomic E-state index is 5.51. The van der Waals surface area contributed by atoms with Gasteiger partial charge in [-0.2, -0.15) is 0 Å². The van der Waals surface area contributed by atoms with Crippen LogP contribution in [0, 0.1) is 5.41 Å². The Morgan fingerprint density at radius 1 is 1.17 bits per heavy atom. The second kappa shape index (κ2) is 6.20. The maximum absolute atomic E-state index is 5.51. The number of anilines is 1. The van der Waals surface area contributed by atoms with E-state index in [2.05, 4.69) is 38.7 Å². The van der Waals surface area contributed by atoms with Crippen molar-refractivity contribution in [1.82, 2.24) is 14.8 Å². The minimum atomic E-state index is 0.127. The van der Waals surface area contributed by atoms with Crippen molar-refractivity contribution in [1.29, 1.82) is 0 Å². The zero-order chi connectivity index (χ0) is 16.6. The largest absolute Gasteiger partial charge is 0.380 e. The topological polar surface area (TPSA) is 43.2 Å².